The summed E-state index contributed by atoms with van der Waals surface area (Å²) in [6.45, 7) is 9.86. The summed E-state index contributed by atoms with van der Waals surface area (Å²) in [5.74, 6) is -0.149. The van der Waals surface area contributed by atoms with Gasteiger partial charge in [-0.2, -0.15) is 5.10 Å². The molecule has 0 saturated heterocycles. The first-order valence-electron chi connectivity index (χ1n) is 9.66. The van der Waals surface area contributed by atoms with Crippen molar-refractivity contribution >= 4 is 22.6 Å². The minimum Gasteiger partial charge on any atom is -0.321 e. The van der Waals surface area contributed by atoms with Crippen LogP contribution < -0.4 is 5.32 Å². The molecule has 1 N–H and O–H groups in total. The number of benzene rings is 2. The van der Waals surface area contributed by atoms with Gasteiger partial charge in [-0.15, -0.1) is 0 Å². The van der Waals surface area contributed by atoms with Crippen LogP contribution in [0.5, 0.6) is 0 Å². The van der Waals surface area contributed by atoms with E-state index in [1.807, 2.05) is 80.9 Å². The van der Waals surface area contributed by atoms with Crippen LogP contribution in [0, 0.1) is 34.6 Å². The largest absolute Gasteiger partial charge is 0.321 e. The maximum absolute atomic E-state index is 13.3. The topological polar surface area (TPSA) is 59.8 Å². The van der Waals surface area contributed by atoms with Gasteiger partial charge in [0, 0.05) is 11.4 Å². The number of rotatable bonds is 3. The van der Waals surface area contributed by atoms with Gasteiger partial charge in [-0.1, -0.05) is 35.9 Å². The summed E-state index contributed by atoms with van der Waals surface area (Å²) >= 11 is 0. The second-order valence-corrected chi connectivity index (χ2v) is 7.56. The Morgan fingerprint density at radius 2 is 1.59 bits per heavy atom. The molecule has 146 valence electrons. The van der Waals surface area contributed by atoms with Gasteiger partial charge in [0.25, 0.3) is 5.91 Å². The molecule has 0 spiro atoms. The van der Waals surface area contributed by atoms with Gasteiger partial charge in [0.1, 0.15) is 0 Å². The van der Waals surface area contributed by atoms with Crippen molar-refractivity contribution in [2.24, 2.45) is 0 Å². The molecule has 4 aromatic rings. The highest BCUT2D eigenvalue weighted by Gasteiger charge is 2.20. The number of fused-ring (bicyclic) bond motifs is 1. The Morgan fingerprint density at radius 1 is 0.931 bits per heavy atom. The van der Waals surface area contributed by atoms with Crippen LogP contribution in [0.2, 0.25) is 0 Å². The van der Waals surface area contributed by atoms with Gasteiger partial charge in [-0.05, 0) is 63.9 Å². The summed E-state index contributed by atoms with van der Waals surface area (Å²) in [5, 5.41) is 8.56. The lowest BCUT2D eigenvalue weighted by Gasteiger charge is -2.12. The van der Waals surface area contributed by atoms with Crippen molar-refractivity contribution in [2.45, 2.75) is 34.6 Å². The first-order valence-corrected chi connectivity index (χ1v) is 9.66. The van der Waals surface area contributed by atoms with E-state index in [-0.39, 0.29) is 5.91 Å². The fourth-order valence-electron chi connectivity index (χ4n) is 3.65. The van der Waals surface area contributed by atoms with Crippen molar-refractivity contribution in [1.29, 1.82) is 0 Å². The third-order valence-corrected chi connectivity index (χ3v) is 5.18. The molecule has 2 aromatic carbocycles. The highest BCUT2D eigenvalue weighted by Crippen LogP contribution is 2.27. The molecule has 5 nitrogen and oxygen atoms in total. The molecule has 0 aliphatic carbocycles. The fourth-order valence-corrected chi connectivity index (χ4v) is 3.65. The third kappa shape index (κ3) is 3.40. The number of pyridine rings is 1. The van der Waals surface area contributed by atoms with E-state index in [1.54, 1.807) is 0 Å². The zero-order valence-electron chi connectivity index (χ0n) is 17.4. The van der Waals surface area contributed by atoms with Crippen LogP contribution in [0.4, 0.5) is 5.69 Å². The molecule has 0 saturated carbocycles. The van der Waals surface area contributed by atoms with Crippen molar-refractivity contribution in [3.05, 3.63) is 82.2 Å². The Balaban J connectivity index is 1.85. The Kier molecular flexibility index (Phi) is 4.66. The van der Waals surface area contributed by atoms with E-state index in [9.17, 15) is 4.79 Å². The van der Waals surface area contributed by atoms with Gasteiger partial charge in [0.2, 0.25) is 0 Å². The van der Waals surface area contributed by atoms with E-state index in [2.05, 4.69) is 12.2 Å². The molecule has 2 aromatic heterocycles. The Bertz CT molecular complexity index is 1220. The second kappa shape index (κ2) is 7.17. The lowest BCUT2D eigenvalue weighted by Crippen LogP contribution is -2.15. The molecule has 1 amide bonds. The van der Waals surface area contributed by atoms with Gasteiger partial charge in [-0.3, -0.25) is 4.79 Å². The van der Waals surface area contributed by atoms with Gasteiger partial charge < -0.3 is 5.32 Å². The smallest absolute Gasteiger partial charge is 0.256 e. The third-order valence-electron chi connectivity index (χ3n) is 5.18. The molecular weight excluding hydrogens is 360 g/mol. The van der Waals surface area contributed by atoms with E-state index in [1.165, 1.54) is 5.56 Å². The summed E-state index contributed by atoms with van der Waals surface area (Å²) < 4.78 is 1.81. The summed E-state index contributed by atoms with van der Waals surface area (Å²) in [6, 6.07) is 15.9. The zero-order chi connectivity index (χ0) is 20.7. The molecule has 5 heteroatoms. The maximum atomic E-state index is 13.3. The van der Waals surface area contributed by atoms with E-state index in [0.29, 0.717) is 11.2 Å². The number of anilines is 1. The minimum atomic E-state index is -0.149. The molecule has 0 unspecified atom stereocenters. The quantitative estimate of drug-likeness (QED) is 0.527. The number of nitrogens with zero attached hydrogens (tertiary/aromatic N) is 3. The number of hydrogen-bond acceptors (Lipinski definition) is 3. The van der Waals surface area contributed by atoms with Gasteiger partial charge in [0.15, 0.2) is 5.65 Å². The number of carbonyl (C=O) groups is 1. The summed E-state index contributed by atoms with van der Waals surface area (Å²) in [4.78, 5) is 18.0. The highest BCUT2D eigenvalue weighted by atomic mass is 16.1. The molecule has 29 heavy (non-hydrogen) atoms. The Morgan fingerprint density at radius 3 is 2.24 bits per heavy atom. The van der Waals surface area contributed by atoms with Crippen LogP contribution in [0.25, 0.3) is 16.7 Å². The SMILES string of the molecule is Cc1ccc(-n2nc(C)c3c(C(=O)Nc4c(C)cccc4C)cc(C)nc32)cc1. The Labute approximate surface area is 170 Å². The first-order chi connectivity index (χ1) is 13.8. The van der Waals surface area contributed by atoms with Crippen LogP contribution >= 0.6 is 0 Å². The van der Waals surface area contributed by atoms with Crippen LogP contribution in [0.1, 0.15) is 38.4 Å². The van der Waals surface area contributed by atoms with Gasteiger partial charge >= 0.3 is 0 Å². The molecule has 0 bridgehead atoms. The molecule has 0 atom stereocenters. The van der Waals surface area contributed by atoms with Crippen LogP contribution in [-0.2, 0) is 0 Å². The van der Waals surface area contributed by atoms with Crippen molar-refractivity contribution in [2.75, 3.05) is 5.32 Å². The second-order valence-electron chi connectivity index (χ2n) is 7.56. The molecule has 0 fully saturated rings. The standard InChI is InChI=1S/C24H24N4O/c1-14-9-11-19(12-10-14)28-23-21(18(5)27-28)20(13-17(4)25-23)24(29)26-22-15(2)7-6-8-16(22)3/h6-13H,1-5H3,(H,26,29). The molecule has 0 aliphatic heterocycles. The van der Waals surface area contributed by atoms with Gasteiger partial charge in [-0.25, -0.2) is 9.67 Å². The zero-order valence-corrected chi connectivity index (χ0v) is 17.4. The van der Waals surface area contributed by atoms with Crippen LogP contribution in [0.3, 0.4) is 0 Å². The molecule has 2 heterocycles. The van der Waals surface area contributed by atoms with Crippen molar-refractivity contribution in [1.82, 2.24) is 14.8 Å². The number of nitrogens with one attached hydrogen (secondary N) is 1. The highest BCUT2D eigenvalue weighted by molar-refractivity contribution is 6.13. The molecule has 0 radical (unpaired) electrons. The molecular formula is C24H24N4O. The number of amides is 1. The van der Waals surface area contributed by atoms with Crippen molar-refractivity contribution in [3.63, 3.8) is 0 Å². The van der Waals surface area contributed by atoms with E-state index >= 15 is 0 Å². The van der Waals surface area contributed by atoms with E-state index < -0.39 is 0 Å². The molecule has 4 rings (SSSR count). The lowest BCUT2D eigenvalue weighted by molar-refractivity contribution is 0.102. The summed E-state index contributed by atoms with van der Waals surface area (Å²) in [6.07, 6.45) is 0. The monoisotopic (exact) mass is 384 g/mol. The number of para-hydroxylation sites is 1. The summed E-state index contributed by atoms with van der Waals surface area (Å²) in [5.41, 5.74) is 7.86. The fraction of sp³-hybridized carbons (Fsp3) is 0.208. The van der Waals surface area contributed by atoms with Crippen molar-refractivity contribution < 1.29 is 4.79 Å². The minimum absolute atomic E-state index is 0.149. The Hall–Kier alpha value is -3.47. The predicted molar refractivity (Wildman–Crippen MR) is 117 cm³/mol. The van der Waals surface area contributed by atoms with Crippen LogP contribution in [0.15, 0.2) is 48.5 Å². The first kappa shape index (κ1) is 18.9. The van der Waals surface area contributed by atoms with E-state index in [4.69, 9.17) is 10.1 Å². The average Bonchev–Trinajstić information content (AvgIpc) is 3.01. The number of aryl methyl sites for hydroxylation is 5. The van der Waals surface area contributed by atoms with E-state index in [0.717, 1.165) is 39.3 Å². The normalized spacial score (nSPS) is 11.1. The maximum Gasteiger partial charge on any atom is 0.256 e. The van der Waals surface area contributed by atoms with Crippen LogP contribution in [-0.4, -0.2) is 20.7 Å². The number of carbonyl (C=O) groups excluding carboxylic acids is 1. The lowest BCUT2D eigenvalue weighted by atomic mass is 10.1. The molecule has 0 aliphatic rings. The average molecular weight is 384 g/mol. The van der Waals surface area contributed by atoms with Gasteiger partial charge in [0.05, 0.1) is 22.3 Å². The number of aromatic nitrogens is 3. The summed E-state index contributed by atoms with van der Waals surface area (Å²) in [7, 11) is 0. The predicted octanol–water partition coefficient (Wildman–Crippen LogP) is 5.21. The van der Waals surface area contributed by atoms with Crippen molar-refractivity contribution in [3.8, 4) is 5.69 Å². The number of hydrogen-bond donors (Lipinski definition) is 1.